The third kappa shape index (κ3) is 5.35. The van der Waals surface area contributed by atoms with Crippen LogP contribution in [0.25, 0.3) is 0 Å². The molecule has 0 aromatic rings. The van der Waals surface area contributed by atoms with Crippen LogP contribution in [0.5, 0.6) is 0 Å². The van der Waals surface area contributed by atoms with Crippen molar-refractivity contribution in [1.82, 2.24) is 20.8 Å². The molecule has 2 bridgehead atoms. The summed E-state index contributed by atoms with van der Waals surface area (Å²) in [4.78, 5) is 27.5. The summed E-state index contributed by atoms with van der Waals surface area (Å²) in [5.41, 5.74) is 2.13. The SMILES string of the molecule is CC.O=C1N2CCCC(C2)N1OP.O=CNOCC1CCN1. The molecule has 0 spiro atoms. The molecule has 3 amide bonds. The first-order chi connectivity index (χ1) is 10.8. The lowest BCUT2D eigenvalue weighted by molar-refractivity contribution is -0.121. The van der Waals surface area contributed by atoms with E-state index in [1.807, 2.05) is 18.7 Å². The van der Waals surface area contributed by atoms with E-state index >= 15 is 0 Å². The molecule has 0 aromatic heterocycles. The second-order valence-corrected chi connectivity index (χ2v) is 5.15. The first-order valence-electron chi connectivity index (χ1n) is 7.75. The van der Waals surface area contributed by atoms with Gasteiger partial charge in [0.05, 0.1) is 12.6 Å². The minimum Gasteiger partial charge on any atom is -0.321 e. The number of hydrogen-bond acceptors (Lipinski definition) is 5. The number of urea groups is 1. The summed E-state index contributed by atoms with van der Waals surface area (Å²) in [6, 6.07) is 0.744. The third-order valence-electron chi connectivity index (χ3n) is 3.64. The van der Waals surface area contributed by atoms with Gasteiger partial charge in [0.2, 0.25) is 6.41 Å². The standard InChI is InChI=1S/C6H11N2O2P.C5H10N2O2.C2H6/c9-6-7-3-1-2-5(4-7)8(6)10-11;8-4-7-9-3-5-1-2-6-5;1-2/h5H,1-4,11H2;4-6H,1-3H2,(H,7,8);1-2H3. The molecule has 3 heterocycles. The average Bonchev–Trinajstić information content (AvgIpc) is 2.74. The molecule has 8 nitrogen and oxygen atoms in total. The number of nitrogens with one attached hydrogen (secondary N) is 2. The number of rotatable bonds is 5. The summed E-state index contributed by atoms with van der Waals surface area (Å²) in [7, 11) is 2.12. The highest BCUT2D eigenvalue weighted by Gasteiger charge is 2.40. The minimum atomic E-state index is 0.0162. The minimum absolute atomic E-state index is 0.0162. The summed E-state index contributed by atoms with van der Waals surface area (Å²) in [6.45, 7) is 7.36. The second kappa shape index (κ2) is 10.7. The first-order valence-corrected chi connectivity index (χ1v) is 8.22. The van der Waals surface area contributed by atoms with Crippen LogP contribution in [-0.4, -0.2) is 60.7 Å². The smallest absolute Gasteiger partial charge is 0.321 e. The number of carbonyl (C=O) groups is 2. The van der Waals surface area contributed by atoms with E-state index in [4.69, 9.17) is 9.46 Å². The Balaban J connectivity index is 0.000000202. The predicted octanol–water partition coefficient (Wildman–Crippen LogP) is 0.660. The normalized spacial score (nSPS) is 25.3. The summed E-state index contributed by atoms with van der Waals surface area (Å²) in [5.74, 6) is 0. The van der Waals surface area contributed by atoms with Crippen molar-refractivity contribution >= 4 is 21.9 Å². The van der Waals surface area contributed by atoms with Crippen molar-refractivity contribution in [2.45, 2.75) is 45.2 Å². The fourth-order valence-electron chi connectivity index (χ4n) is 2.42. The van der Waals surface area contributed by atoms with Crippen LogP contribution in [0.1, 0.15) is 33.1 Å². The van der Waals surface area contributed by atoms with E-state index in [1.165, 1.54) is 5.06 Å². The lowest BCUT2D eigenvalue weighted by Crippen LogP contribution is -2.46. The van der Waals surface area contributed by atoms with Gasteiger partial charge in [-0.25, -0.2) is 10.3 Å². The van der Waals surface area contributed by atoms with Crippen molar-refractivity contribution in [3.63, 3.8) is 0 Å². The zero-order chi connectivity index (χ0) is 16.4. The van der Waals surface area contributed by atoms with Gasteiger partial charge in [-0.1, -0.05) is 13.8 Å². The first kappa shape index (κ1) is 19.1. The fourth-order valence-corrected chi connectivity index (χ4v) is 2.68. The summed E-state index contributed by atoms with van der Waals surface area (Å²) in [5, 5.41) is 4.58. The molecule has 3 aliphatic rings. The van der Waals surface area contributed by atoms with Crippen molar-refractivity contribution in [1.29, 1.82) is 0 Å². The summed E-state index contributed by atoms with van der Waals surface area (Å²) in [6.07, 6.45) is 3.83. The van der Waals surface area contributed by atoms with Gasteiger partial charge in [0.1, 0.15) is 0 Å². The van der Waals surface area contributed by atoms with E-state index in [9.17, 15) is 9.59 Å². The highest BCUT2D eigenvalue weighted by Crippen LogP contribution is 2.26. The maximum atomic E-state index is 11.3. The lowest BCUT2D eigenvalue weighted by Gasteiger charge is -2.26. The van der Waals surface area contributed by atoms with Gasteiger partial charge in [0, 0.05) is 28.6 Å². The van der Waals surface area contributed by atoms with Crippen LogP contribution in [0.3, 0.4) is 0 Å². The van der Waals surface area contributed by atoms with Crippen LogP contribution in [-0.2, 0) is 14.3 Å². The molecule has 3 rings (SSSR count). The second-order valence-electron chi connectivity index (χ2n) is 4.94. The van der Waals surface area contributed by atoms with Crippen molar-refractivity contribution in [3.05, 3.63) is 0 Å². The Morgan fingerprint density at radius 1 is 1.45 bits per heavy atom. The molecule has 3 atom stereocenters. The summed E-state index contributed by atoms with van der Waals surface area (Å²) >= 11 is 0. The van der Waals surface area contributed by atoms with Crippen LogP contribution in [0.15, 0.2) is 0 Å². The van der Waals surface area contributed by atoms with Crippen molar-refractivity contribution < 1.29 is 19.1 Å². The van der Waals surface area contributed by atoms with Crippen LogP contribution < -0.4 is 10.8 Å². The molecule has 3 fully saturated rings. The van der Waals surface area contributed by atoms with Crippen LogP contribution >= 0.6 is 9.47 Å². The molecule has 2 N–H and O–H groups in total. The van der Waals surface area contributed by atoms with Gasteiger partial charge < -0.3 is 10.2 Å². The number of piperidine rings is 1. The number of hydroxylamine groups is 3. The number of fused-ring (bicyclic) bond motifs is 2. The Hall–Kier alpha value is -0.950. The zero-order valence-electron chi connectivity index (χ0n) is 13.3. The van der Waals surface area contributed by atoms with Gasteiger partial charge in [0.15, 0.2) is 0 Å². The van der Waals surface area contributed by atoms with E-state index in [2.05, 4.69) is 20.3 Å². The molecule has 3 unspecified atom stereocenters. The molecule has 128 valence electrons. The predicted molar refractivity (Wildman–Crippen MR) is 85.5 cm³/mol. The maximum Gasteiger partial charge on any atom is 0.344 e. The molecule has 9 heteroatoms. The van der Waals surface area contributed by atoms with Crippen molar-refractivity contribution in [3.8, 4) is 0 Å². The average molecular weight is 334 g/mol. The zero-order valence-corrected chi connectivity index (χ0v) is 14.4. The van der Waals surface area contributed by atoms with Crippen LogP contribution in [0.2, 0.25) is 0 Å². The number of nitrogens with zero attached hydrogens (tertiary/aromatic N) is 2. The van der Waals surface area contributed by atoms with Gasteiger partial charge in [-0.3, -0.25) is 14.3 Å². The Labute approximate surface area is 134 Å². The molecule has 3 saturated heterocycles. The molecule has 0 radical (unpaired) electrons. The Kier molecular flexibility index (Phi) is 9.31. The van der Waals surface area contributed by atoms with Gasteiger partial charge in [-0.2, -0.15) is 5.06 Å². The molecule has 0 aromatic carbocycles. The molecule has 3 aliphatic heterocycles. The largest absolute Gasteiger partial charge is 0.344 e. The van der Waals surface area contributed by atoms with E-state index in [1.54, 1.807) is 0 Å². The van der Waals surface area contributed by atoms with E-state index in [0.29, 0.717) is 19.1 Å². The molecular formula is C13H27N4O4P. The number of hydrogen-bond donors (Lipinski definition) is 2. The highest BCUT2D eigenvalue weighted by atomic mass is 31.0. The van der Waals surface area contributed by atoms with Gasteiger partial charge in [0.25, 0.3) is 0 Å². The van der Waals surface area contributed by atoms with Crippen LogP contribution in [0, 0.1) is 0 Å². The summed E-state index contributed by atoms with van der Waals surface area (Å²) < 4.78 is 4.90. The molecular weight excluding hydrogens is 307 g/mol. The number of carbonyl (C=O) groups excluding carboxylic acids is 2. The Bertz CT molecular complexity index is 344. The quantitative estimate of drug-likeness (QED) is 0.334. The van der Waals surface area contributed by atoms with Crippen molar-refractivity contribution in [2.75, 3.05) is 26.2 Å². The lowest BCUT2D eigenvalue weighted by atomic mass is 10.1. The highest BCUT2D eigenvalue weighted by molar-refractivity contribution is 7.09. The van der Waals surface area contributed by atoms with Gasteiger partial charge >= 0.3 is 6.03 Å². The fraction of sp³-hybridized carbons (Fsp3) is 0.846. The number of amides is 3. The van der Waals surface area contributed by atoms with Crippen LogP contribution in [0.4, 0.5) is 4.79 Å². The van der Waals surface area contributed by atoms with Gasteiger partial charge in [-0.05, 0) is 25.8 Å². The maximum absolute atomic E-state index is 11.3. The Morgan fingerprint density at radius 3 is 2.68 bits per heavy atom. The van der Waals surface area contributed by atoms with E-state index in [-0.39, 0.29) is 12.1 Å². The van der Waals surface area contributed by atoms with E-state index < -0.39 is 0 Å². The monoisotopic (exact) mass is 334 g/mol. The topological polar surface area (TPSA) is 83.1 Å². The molecule has 22 heavy (non-hydrogen) atoms. The Morgan fingerprint density at radius 2 is 2.18 bits per heavy atom. The third-order valence-corrected chi connectivity index (χ3v) is 3.87. The van der Waals surface area contributed by atoms with Gasteiger partial charge in [-0.15, -0.1) is 0 Å². The van der Waals surface area contributed by atoms with Crippen molar-refractivity contribution in [2.24, 2.45) is 0 Å². The molecule has 0 saturated carbocycles. The van der Waals surface area contributed by atoms with E-state index in [0.717, 1.165) is 38.9 Å². The molecule has 0 aliphatic carbocycles.